The van der Waals surface area contributed by atoms with E-state index in [1.165, 1.54) is 12.3 Å². The highest BCUT2D eigenvalue weighted by Gasteiger charge is 2.20. The number of hydrogen-bond donors (Lipinski definition) is 1. The van der Waals surface area contributed by atoms with Crippen molar-refractivity contribution in [3.8, 4) is 5.75 Å². The van der Waals surface area contributed by atoms with E-state index >= 15 is 0 Å². The molecule has 2 aromatic heterocycles. The maximum atomic E-state index is 13.0. The highest BCUT2D eigenvalue weighted by Crippen LogP contribution is 2.20. The van der Waals surface area contributed by atoms with Crippen LogP contribution in [0.25, 0.3) is 10.9 Å². The molecule has 0 fully saturated rings. The number of furan rings is 1. The summed E-state index contributed by atoms with van der Waals surface area (Å²) >= 11 is 0. The van der Waals surface area contributed by atoms with Crippen LogP contribution in [0.4, 0.5) is 0 Å². The first-order chi connectivity index (χ1) is 14.5. The molecule has 0 bridgehead atoms. The number of fused-ring (bicyclic) bond motifs is 1. The third-order valence-electron chi connectivity index (χ3n) is 4.93. The number of pyridine rings is 1. The molecule has 30 heavy (non-hydrogen) atoms. The van der Waals surface area contributed by atoms with Crippen LogP contribution in [0.5, 0.6) is 5.75 Å². The summed E-state index contributed by atoms with van der Waals surface area (Å²) in [4.78, 5) is 29.4. The van der Waals surface area contributed by atoms with Gasteiger partial charge in [-0.25, -0.2) is 0 Å². The molecule has 6 heteroatoms. The Morgan fingerprint density at radius 1 is 1.10 bits per heavy atom. The maximum Gasteiger partial charge on any atom is 0.257 e. The SMILES string of the molecule is Cc1cccc(OCc2occc2C(=O)N(C)Cc2cc(=O)[nH]c3ccccc23)c1. The number of carbonyl (C=O) groups excluding carboxylic acids is 1. The molecule has 0 atom stereocenters. The monoisotopic (exact) mass is 402 g/mol. The van der Waals surface area contributed by atoms with E-state index in [1.54, 1.807) is 18.0 Å². The van der Waals surface area contributed by atoms with Gasteiger partial charge in [-0.05, 0) is 42.3 Å². The average molecular weight is 402 g/mol. The van der Waals surface area contributed by atoms with E-state index < -0.39 is 0 Å². The van der Waals surface area contributed by atoms with Crippen molar-refractivity contribution in [3.05, 3.63) is 99.7 Å². The molecule has 0 unspecified atom stereocenters. The molecule has 4 aromatic rings. The van der Waals surface area contributed by atoms with Gasteiger partial charge in [0.05, 0.1) is 11.8 Å². The molecule has 0 saturated heterocycles. The molecule has 0 aliphatic heterocycles. The second-order valence-electron chi connectivity index (χ2n) is 7.23. The number of benzene rings is 2. The van der Waals surface area contributed by atoms with E-state index in [2.05, 4.69) is 4.98 Å². The lowest BCUT2D eigenvalue weighted by Crippen LogP contribution is -2.27. The summed E-state index contributed by atoms with van der Waals surface area (Å²) in [7, 11) is 1.70. The van der Waals surface area contributed by atoms with Gasteiger partial charge in [0.25, 0.3) is 5.91 Å². The molecule has 0 spiro atoms. The first-order valence-electron chi connectivity index (χ1n) is 9.63. The maximum absolute atomic E-state index is 13.0. The molecule has 4 rings (SSSR count). The predicted octanol–water partition coefficient (Wildman–Crippen LogP) is 4.28. The molecule has 0 saturated carbocycles. The Kier molecular flexibility index (Phi) is 5.39. The molecule has 0 radical (unpaired) electrons. The summed E-state index contributed by atoms with van der Waals surface area (Å²) in [5.41, 5.74) is 2.87. The lowest BCUT2D eigenvalue weighted by molar-refractivity contribution is 0.0780. The zero-order valence-electron chi connectivity index (χ0n) is 16.8. The topological polar surface area (TPSA) is 75.5 Å². The smallest absolute Gasteiger partial charge is 0.257 e. The van der Waals surface area contributed by atoms with Crippen molar-refractivity contribution in [2.24, 2.45) is 0 Å². The van der Waals surface area contributed by atoms with Crippen molar-refractivity contribution in [3.63, 3.8) is 0 Å². The minimum absolute atomic E-state index is 0.152. The zero-order valence-corrected chi connectivity index (χ0v) is 16.8. The molecule has 0 aliphatic rings. The van der Waals surface area contributed by atoms with Gasteiger partial charge in [0.1, 0.15) is 12.4 Å². The van der Waals surface area contributed by atoms with Gasteiger partial charge in [0.2, 0.25) is 5.56 Å². The molecule has 152 valence electrons. The second kappa shape index (κ2) is 8.29. The molecule has 1 N–H and O–H groups in total. The van der Waals surface area contributed by atoms with Gasteiger partial charge in [0.15, 0.2) is 5.76 Å². The number of nitrogens with zero attached hydrogens (tertiary/aromatic N) is 1. The van der Waals surface area contributed by atoms with Gasteiger partial charge in [-0.15, -0.1) is 0 Å². The van der Waals surface area contributed by atoms with Gasteiger partial charge in [-0.3, -0.25) is 9.59 Å². The van der Waals surface area contributed by atoms with Gasteiger partial charge >= 0.3 is 0 Å². The highest BCUT2D eigenvalue weighted by molar-refractivity contribution is 5.95. The van der Waals surface area contributed by atoms with Crippen LogP contribution in [0.3, 0.4) is 0 Å². The zero-order chi connectivity index (χ0) is 21.1. The highest BCUT2D eigenvalue weighted by atomic mass is 16.5. The predicted molar refractivity (Wildman–Crippen MR) is 115 cm³/mol. The number of aromatic nitrogens is 1. The fourth-order valence-electron chi connectivity index (χ4n) is 3.44. The Bertz CT molecular complexity index is 1260. The second-order valence-corrected chi connectivity index (χ2v) is 7.23. The summed E-state index contributed by atoms with van der Waals surface area (Å²) < 4.78 is 11.3. The van der Waals surface area contributed by atoms with Crippen molar-refractivity contribution >= 4 is 16.8 Å². The average Bonchev–Trinajstić information content (AvgIpc) is 3.20. The molecule has 0 aliphatic carbocycles. The van der Waals surface area contributed by atoms with E-state index in [-0.39, 0.29) is 18.1 Å². The Morgan fingerprint density at radius 2 is 1.93 bits per heavy atom. The Morgan fingerprint density at radius 3 is 2.77 bits per heavy atom. The molecule has 6 nitrogen and oxygen atoms in total. The van der Waals surface area contributed by atoms with Crippen LogP contribution in [-0.2, 0) is 13.2 Å². The van der Waals surface area contributed by atoms with E-state index in [0.717, 1.165) is 22.0 Å². The van der Waals surface area contributed by atoms with Gasteiger partial charge < -0.3 is 19.0 Å². The Balaban J connectivity index is 1.52. The summed E-state index contributed by atoms with van der Waals surface area (Å²) in [6.45, 7) is 2.44. The largest absolute Gasteiger partial charge is 0.486 e. The lowest BCUT2D eigenvalue weighted by Gasteiger charge is -2.18. The summed E-state index contributed by atoms with van der Waals surface area (Å²) in [5, 5.41) is 0.909. The summed E-state index contributed by atoms with van der Waals surface area (Å²) in [6.07, 6.45) is 1.48. The van der Waals surface area contributed by atoms with Crippen molar-refractivity contribution < 1.29 is 13.9 Å². The molecule has 1 amide bonds. The van der Waals surface area contributed by atoms with Gasteiger partial charge in [0, 0.05) is 30.6 Å². The fraction of sp³-hybridized carbons (Fsp3) is 0.167. The number of hydrogen-bond acceptors (Lipinski definition) is 4. The fourth-order valence-corrected chi connectivity index (χ4v) is 3.44. The minimum atomic E-state index is -0.198. The minimum Gasteiger partial charge on any atom is -0.486 e. The van der Waals surface area contributed by atoms with E-state index in [4.69, 9.17) is 9.15 Å². The first-order valence-corrected chi connectivity index (χ1v) is 9.63. The van der Waals surface area contributed by atoms with Crippen molar-refractivity contribution in [1.29, 1.82) is 0 Å². The van der Waals surface area contributed by atoms with Crippen molar-refractivity contribution in [1.82, 2.24) is 9.88 Å². The van der Waals surface area contributed by atoms with Gasteiger partial charge in [-0.1, -0.05) is 30.3 Å². The van der Waals surface area contributed by atoms with Crippen LogP contribution in [0.2, 0.25) is 0 Å². The van der Waals surface area contributed by atoms with Crippen LogP contribution in [0, 0.1) is 6.92 Å². The number of rotatable bonds is 6. The van der Waals surface area contributed by atoms with E-state index in [9.17, 15) is 9.59 Å². The summed E-state index contributed by atoms with van der Waals surface area (Å²) in [5.74, 6) is 0.980. The number of aromatic amines is 1. The molecule has 2 heterocycles. The Hall–Kier alpha value is -3.80. The molecular weight excluding hydrogens is 380 g/mol. The van der Waals surface area contributed by atoms with Crippen molar-refractivity contribution in [2.45, 2.75) is 20.1 Å². The van der Waals surface area contributed by atoms with Crippen LogP contribution >= 0.6 is 0 Å². The number of ether oxygens (including phenoxy) is 1. The number of amides is 1. The lowest BCUT2D eigenvalue weighted by atomic mass is 10.1. The standard InChI is InChI=1S/C24H22N2O4/c1-16-6-5-7-18(12-16)30-15-22-20(10-11-29-22)24(28)26(2)14-17-13-23(27)25-21-9-4-3-8-19(17)21/h3-13H,14-15H2,1-2H3,(H,25,27). The third-order valence-corrected chi connectivity index (χ3v) is 4.93. The third kappa shape index (κ3) is 4.12. The van der Waals surface area contributed by atoms with Crippen LogP contribution in [0.1, 0.15) is 27.2 Å². The van der Waals surface area contributed by atoms with Crippen LogP contribution in [0.15, 0.2) is 76.1 Å². The van der Waals surface area contributed by atoms with Crippen LogP contribution < -0.4 is 10.3 Å². The number of carbonyl (C=O) groups is 1. The van der Waals surface area contributed by atoms with Gasteiger partial charge in [-0.2, -0.15) is 0 Å². The first kappa shape index (κ1) is 19.5. The number of para-hydroxylation sites is 1. The molecule has 2 aromatic carbocycles. The van der Waals surface area contributed by atoms with Crippen LogP contribution in [-0.4, -0.2) is 22.8 Å². The Labute approximate surface area is 173 Å². The molecular formula is C24H22N2O4. The van der Waals surface area contributed by atoms with Crippen molar-refractivity contribution in [2.75, 3.05) is 7.05 Å². The number of nitrogens with one attached hydrogen (secondary N) is 1. The summed E-state index contributed by atoms with van der Waals surface area (Å²) in [6, 6.07) is 18.4. The van der Waals surface area contributed by atoms with E-state index in [1.807, 2.05) is 55.5 Å². The normalized spacial score (nSPS) is 10.9. The van der Waals surface area contributed by atoms with E-state index in [0.29, 0.717) is 23.6 Å². The number of H-pyrrole nitrogens is 1. The quantitative estimate of drug-likeness (QED) is 0.522. The number of aryl methyl sites for hydroxylation is 1.